The first-order valence-corrected chi connectivity index (χ1v) is 9.02. The number of carbonyl (C=O) groups is 2. The predicted octanol–water partition coefficient (Wildman–Crippen LogP) is 4.67. The quantitative estimate of drug-likeness (QED) is 0.668. The zero-order chi connectivity index (χ0) is 20.5. The lowest BCUT2D eigenvalue weighted by Crippen LogP contribution is -2.28. The van der Waals surface area contributed by atoms with Crippen molar-refractivity contribution < 1.29 is 19.1 Å². The number of carbonyl (C=O) groups excluding carboxylic acids is 2. The number of fused-ring (bicyclic) bond motifs is 1. The number of ether oxygens (including phenoxy) is 2. The van der Waals surface area contributed by atoms with Gasteiger partial charge in [-0.3, -0.25) is 0 Å². The third-order valence-corrected chi connectivity index (χ3v) is 4.14. The molecule has 0 unspecified atom stereocenters. The third-order valence-electron chi connectivity index (χ3n) is 4.14. The van der Waals surface area contributed by atoms with E-state index in [0.717, 1.165) is 11.1 Å². The van der Waals surface area contributed by atoms with E-state index >= 15 is 0 Å². The maximum Gasteiger partial charge on any atom is 0.419 e. The molecule has 0 aliphatic rings. The summed E-state index contributed by atoms with van der Waals surface area (Å²) >= 11 is 0. The molecule has 0 saturated carbocycles. The Morgan fingerprint density at radius 2 is 1.75 bits per heavy atom. The summed E-state index contributed by atoms with van der Waals surface area (Å²) in [4.78, 5) is 25.7. The number of benzene rings is 2. The number of anilines is 1. The van der Waals surface area contributed by atoms with E-state index in [1.807, 2.05) is 49.4 Å². The Hall–Kier alpha value is -3.28. The molecule has 3 aromatic rings. The number of rotatable bonds is 3. The van der Waals surface area contributed by atoms with Crippen molar-refractivity contribution in [1.29, 1.82) is 0 Å². The second-order valence-electron chi connectivity index (χ2n) is 7.66. The first-order chi connectivity index (χ1) is 13.2. The van der Waals surface area contributed by atoms with Gasteiger partial charge in [0.05, 0.1) is 11.2 Å². The van der Waals surface area contributed by atoms with Crippen LogP contribution < -0.4 is 5.73 Å². The fourth-order valence-corrected chi connectivity index (χ4v) is 2.93. The molecule has 146 valence electrons. The van der Waals surface area contributed by atoms with Gasteiger partial charge < -0.3 is 15.2 Å². The van der Waals surface area contributed by atoms with Gasteiger partial charge in [0.25, 0.3) is 0 Å². The van der Waals surface area contributed by atoms with Crippen molar-refractivity contribution in [2.45, 2.75) is 39.9 Å². The van der Waals surface area contributed by atoms with E-state index < -0.39 is 17.7 Å². The fraction of sp³-hybridized carbons (Fsp3) is 0.273. The molecule has 6 nitrogen and oxygen atoms in total. The molecule has 3 rings (SSSR count). The smallest absolute Gasteiger partial charge is 0.419 e. The van der Waals surface area contributed by atoms with Crippen molar-refractivity contribution in [2.24, 2.45) is 0 Å². The molecule has 0 spiro atoms. The maximum atomic E-state index is 12.9. The number of esters is 1. The average Bonchev–Trinajstić information content (AvgIpc) is 2.91. The van der Waals surface area contributed by atoms with Gasteiger partial charge in [0, 0.05) is 5.39 Å². The van der Waals surface area contributed by atoms with E-state index in [4.69, 9.17) is 15.2 Å². The van der Waals surface area contributed by atoms with Crippen LogP contribution in [-0.4, -0.2) is 22.2 Å². The lowest BCUT2D eigenvalue weighted by atomic mass is 10.1. The third kappa shape index (κ3) is 4.01. The number of hydrogen-bond acceptors (Lipinski definition) is 5. The number of nitrogen functional groups attached to an aromatic ring is 1. The van der Waals surface area contributed by atoms with Gasteiger partial charge in [-0.1, -0.05) is 42.0 Å². The molecule has 0 amide bonds. The Labute approximate surface area is 163 Å². The Kier molecular flexibility index (Phi) is 5.14. The van der Waals surface area contributed by atoms with Crippen LogP contribution in [0.1, 0.15) is 42.4 Å². The largest absolute Gasteiger partial charge is 0.455 e. The van der Waals surface area contributed by atoms with Gasteiger partial charge in [-0.25, -0.2) is 14.2 Å². The Bertz CT molecular complexity index is 1030. The van der Waals surface area contributed by atoms with Crippen molar-refractivity contribution in [3.63, 3.8) is 0 Å². The van der Waals surface area contributed by atoms with Gasteiger partial charge >= 0.3 is 12.1 Å². The van der Waals surface area contributed by atoms with Gasteiger partial charge in [-0.15, -0.1) is 0 Å². The van der Waals surface area contributed by atoms with Crippen LogP contribution in [0.15, 0.2) is 48.5 Å². The highest BCUT2D eigenvalue weighted by Crippen LogP contribution is 2.31. The molecule has 1 heterocycles. The number of nitrogens with two attached hydrogens (primary N) is 1. The first-order valence-electron chi connectivity index (χ1n) is 9.02. The number of hydrogen-bond donors (Lipinski definition) is 1. The zero-order valence-electron chi connectivity index (χ0n) is 16.5. The van der Waals surface area contributed by atoms with Gasteiger partial charge in [-0.05, 0) is 45.4 Å². The number of aromatic nitrogens is 1. The van der Waals surface area contributed by atoms with Gasteiger partial charge in [0.1, 0.15) is 12.2 Å². The summed E-state index contributed by atoms with van der Waals surface area (Å²) in [5.74, 6) is -0.671. The first kappa shape index (κ1) is 19.5. The van der Waals surface area contributed by atoms with E-state index in [0.29, 0.717) is 10.9 Å². The van der Waals surface area contributed by atoms with E-state index in [9.17, 15) is 9.59 Å². The molecule has 0 fully saturated rings. The summed E-state index contributed by atoms with van der Waals surface area (Å²) < 4.78 is 12.1. The molecule has 2 N–H and O–H groups in total. The monoisotopic (exact) mass is 380 g/mol. The summed E-state index contributed by atoms with van der Waals surface area (Å²) in [5.41, 5.74) is 8.00. The highest BCUT2D eigenvalue weighted by Gasteiger charge is 2.29. The fourth-order valence-electron chi connectivity index (χ4n) is 2.93. The molecule has 0 bridgehead atoms. The van der Waals surface area contributed by atoms with Crippen LogP contribution in [0.5, 0.6) is 0 Å². The lowest BCUT2D eigenvalue weighted by Gasteiger charge is -2.20. The summed E-state index contributed by atoms with van der Waals surface area (Å²) in [5, 5.41) is 0.609. The van der Waals surface area contributed by atoms with Crippen LogP contribution in [-0.2, 0) is 16.1 Å². The zero-order valence-corrected chi connectivity index (χ0v) is 16.5. The predicted molar refractivity (Wildman–Crippen MR) is 108 cm³/mol. The Morgan fingerprint density at radius 3 is 2.39 bits per heavy atom. The highest BCUT2D eigenvalue weighted by atomic mass is 16.6. The van der Waals surface area contributed by atoms with E-state index in [2.05, 4.69) is 0 Å². The van der Waals surface area contributed by atoms with Crippen molar-refractivity contribution in [3.05, 3.63) is 65.4 Å². The van der Waals surface area contributed by atoms with Gasteiger partial charge in [0.2, 0.25) is 0 Å². The molecule has 0 aliphatic carbocycles. The molecule has 6 heteroatoms. The maximum absolute atomic E-state index is 12.9. The van der Waals surface area contributed by atoms with Crippen LogP contribution in [0.4, 0.5) is 10.5 Å². The molecule has 0 atom stereocenters. The summed E-state index contributed by atoms with van der Waals surface area (Å²) in [6, 6.07) is 14.7. The van der Waals surface area contributed by atoms with Crippen molar-refractivity contribution >= 4 is 28.7 Å². The van der Waals surface area contributed by atoms with Crippen LogP contribution in [0.2, 0.25) is 0 Å². The molecule has 28 heavy (non-hydrogen) atoms. The molecular weight excluding hydrogens is 356 g/mol. The van der Waals surface area contributed by atoms with Crippen molar-refractivity contribution in [1.82, 2.24) is 4.57 Å². The van der Waals surface area contributed by atoms with E-state index in [1.165, 1.54) is 4.57 Å². The topological polar surface area (TPSA) is 83.6 Å². The Morgan fingerprint density at radius 1 is 1.07 bits per heavy atom. The number of aryl methyl sites for hydroxylation is 1. The molecule has 0 aliphatic heterocycles. The minimum atomic E-state index is -0.728. The SMILES string of the molecule is Cc1ccc2c(c1)c(N)c(C(=O)OC(C)(C)C)n2C(=O)OCc1ccccc1. The lowest BCUT2D eigenvalue weighted by molar-refractivity contribution is 0.00586. The van der Waals surface area contributed by atoms with Crippen LogP contribution in [0.25, 0.3) is 10.9 Å². The second kappa shape index (κ2) is 7.38. The van der Waals surface area contributed by atoms with E-state index in [-0.39, 0.29) is 18.0 Å². The van der Waals surface area contributed by atoms with Crippen molar-refractivity contribution in [2.75, 3.05) is 5.73 Å². The molecule has 0 saturated heterocycles. The van der Waals surface area contributed by atoms with Crippen LogP contribution in [0, 0.1) is 6.92 Å². The molecule has 1 aromatic heterocycles. The van der Waals surface area contributed by atoms with Crippen LogP contribution >= 0.6 is 0 Å². The van der Waals surface area contributed by atoms with Crippen molar-refractivity contribution in [3.8, 4) is 0 Å². The summed E-state index contributed by atoms with van der Waals surface area (Å²) in [6.45, 7) is 7.26. The minimum absolute atomic E-state index is 0.0198. The normalized spacial score (nSPS) is 11.4. The molecule has 2 aromatic carbocycles. The summed E-state index contributed by atoms with van der Waals surface area (Å²) in [6.07, 6.45) is -0.685. The van der Waals surface area contributed by atoms with Crippen LogP contribution in [0.3, 0.4) is 0 Å². The molecule has 0 radical (unpaired) electrons. The van der Waals surface area contributed by atoms with Gasteiger partial charge in [-0.2, -0.15) is 0 Å². The Balaban J connectivity index is 2.04. The number of nitrogens with zero attached hydrogens (tertiary/aromatic N) is 1. The second-order valence-corrected chi connectivity index (χ2v) is 7.66. The van der Waals surface area contributed by atoms with E-state index in [1.54, 1.807) is 26.8 Å². The molecular formula is C22H24N2O4. The van der Waals surface area contributed by atoms with Gasteiger partial charge in [0.15, 0.2) is 5.69 Å². The summed E-state index contributed by atoms with van der Waals surface area (Å²) in [7, 11) is 0. The average molecular weight is 380 g/mol. The standard InChI is InChI=1S/C22H24N2O4/c1-14-10-11-17-16(12-14)18(23)19(20(25)28-22(2,3)4)24(17)21(26)27-13-15-8-6-5-7-9-15/h5-12H,13,23H2,1-4H3. The minimum Gasteiger partial charge on any atom is -0.455 e. The highest BCUT2D eigenvalue weighted by molar-refractivity contribution is 6.10.